The number of carbonyl (C=O) groups is 2. The highest BCUT2D eigenvalue weighted by Crippen LogP contribution is 2.31. The Bertz CT molecular complexity index is 1250. The average molecular weight is 515 g/mol. The Kier molecular flexibility index (Phi) is 8.07. The number of aromatic nitrogens is 2. The molecule has 1 N–H and O–H groups in total. The lowest BCUT2D eigenvalue weighted by Gasteiger charge is -2.30. The second-order valence-electron chi connectivity index (χ2n) is 8.33. The number of likely N-dealkylation sites (tertiary alicyclic amines) is 1. The molecule has 0 aliphatic carbocycles. The normalized spacial score (nSPS) is 15.8. The molecule has 0 radical (unpaired) electrons. The topological polar surface area (TPSA) is 116 Å². The summed E-state index contributed by atoms with van der Waals surface area (Å²) in [7, 11) is 4.42. The summed E-state index contributed by atoms with van der Waals surface area (Å²) in [5, 5.41) is 7.24. The molecule has 11 heteroatoms. The maximum Gasteiger partial charge on any atom is 0.339 e. The fraction of sp³-hybridized carbons (Fsp3) is 0.360. The van der Waals surface area contributed by atoms with Crippen molar-refractivity contribution in [1.29, 1.82) is 0 Å². The molecule has 1 aromatic heterocycles. The van der Waals surface area contributed by atoms with E-state index in [1.165, 1.54) is 13.2 Å². The monoisotopic (exact) mass is 514 g/mol. The van der Waals surface area contributed by atoms with Crippen LogP contribution in [0.1, 0.15) is 29.1 Å². The summed E-state index contributed by atoms with van der Waals surface area (Å²) < 4.78 is 20.8. The fourth-order valence-electron chi connectivity index (χ4n) is 4.13. The third-order valence-electron chi connectivity index (χ3n) is 5.98. The van der Waals surface area contributed by atoms with Crippen LogP contribution in [-0.4, -0.2) is 61.3 Å². The molecule has 1 aliphatic rings. The molecule has 1 fully saturated rings. The number of halogens is 1. The number of nitrogens with zero attached hydrogens (tertiary/aromatic N) is 3. The molecule has 1 atom stereocenters. The van der Waals surface area contributed by atoms with Crippen LogP contribution in [0, 0.1) is 5.92 Å². The van der Waals surface area contributed by atoms with Gasteiger partial charge >= 0.3 is 5.97 Å². The van der Waals surface area contributed by atoms with Gasteiger partial charge < -0.3 is 24.1 Å². The van der Waals surface area contributed by atoms with Crippen LogP contribution >= 0.6 is 11.6 Å². The summed E-state index contributed by atoms with van der Waals surface area (Å²) in [6.45, 7) is 1.78. The van der Waals surface area contributed by atoms with Gasteiger partial charge in [-0.3, -0.25) is 9.69 Å². The van der Waals surface area contributed by atoms with E-state index in [1.54, 1.807) is 38.5 Å². The smallest absolute Gasteiger partial charge is 0.339 e. The van der Waals surface area contributed by atoms with Crippen molar-refractivity contribution in [3.63, 3.8) is 0 Å². The molecule has 1 saturated heterocycles. The Morgan fingerprint density at radius 3 is 2.69 bits per heavy atom. The van der Waals surface area contributed by atoms with Gasteiger partial charge in [-0.25, -0.2) is 4.79 Å². The number of anilines is 1. The molecule has 2 heterocycles. The number of esters is 1. The number of piperidine rings is 1. The van der Waals surface area contributed by atoms with Gasteiger partial charge in [-0.05, 0) is 55.8 Å². The van der Waals surface area contributed by atoms with E-state index in [1.807, 2.05) is 6.07 Å². The van der Waals surface area contributed by atoms with Gasteiger partial charge in [0.1, 0.15) is 0 Å². The summed E-state index contributed by atoms with van der Waals surface area (Å²) >= 11 is 6.07. The van der Waals surface area contributed by atoms with Crippen molar-refractivity contribution in [1.82, 2.24) is 15.0 Å². The lowest BCUT2D eigenvalue weighted by Crippen LogP contribution is -2.40. The molecular formula is C25H27ClN4O6. The fourth-order valence-corrected chi connectivity index (χ4v) is 4.32. The number of amides is 1. The SMILES string of the molecule is COC(=O)c1cc(NC(=O)C2CCCN(Cc3nc(-c4ccc(OC)c(OC)c4)no3)C2)ccc1Cl. The van der Waals surface area contributed by atoms with Crippen LogP contribution in [0.15, 0.2) is 40.9 Å². The van der Waals surface area contributed by atoms with E-state index in [0.29, 0.717) is 42.0 Å². The predicted molar refractivity (Wildman–Crippen MR) is 132 cm³/mol. The van der Waals surface area contributed by atoms with Crippen molar-refractivity contribution in [3.05, 3.63) is 52.9 Å². The van der Waals surface area contributed by atoms with E-state index in [2.05, 4.69) is 20.4 Å². The van der Waals surface area contributed by atoms with Gasteiger partial charge in [0.25, 0.3) is 0 Å². The van der Waals surface area contributed by atoms with E-state index in [9.17, 15) is 9.59 Å². The first kappa shape index (κ1) is 25.5. The maximum atomic E-state index is 12.9. The first-order valence-electron chi connectivity index (χ1n) is 11.4. The Labute approximate surface area is 213 Å². The number of hydrogen-bond donors (Lipinski definition) is 1. The van der Waals surface area contributed by atoms with Crippen molar-refractivity contribution in [2.75, 3.05) is 39.7 Å². The van der Waals surface area contributed by atoms with E-state index in [-0.39, 0.29) is 22.4 Å². The van der Waals surface area contributed by atoms with Gasteiger partial charge in [0.15, 0.2) is 11.5 Å². The number of nitrogens with one attached hydrogen (secondary N) is 1. The summed E-state index contributed by atoms with van der Waals surface area (Å²) in [5.74, 6) is 1.17. The highest BCUT2D eigenvalue weighted by molar-refractivity contribution is 6.33. The first-order chi connectivity index (χ1) is 17.4. The van der Waals surface area contributed by atoms with Crippen molar-refractivity contribution in [3.8, 4) is 22.9 Å². The Morgan fingerprint density at radius 2 is 1.94 bits per heavy atom. The molecular weight excluding hydrogens is 488 g/mol. The lowest BCUT2D eigenvalue weighted by molar-refractivity contribution is -0.121. The zero-order valence-corrected chi connectivity index (χ0v) is 21.0. The standard InChI is InChI=1S/C25H27ClN4O6/c1-33-20-9-6-15(11-21(20)34-2)23-28-22(36-29-23)14-30-10-4-5-16(13-30)24(31)27-17-7-8-19(26)18(12-17)25(32)35-3/h6-9,11-12,16H,4-5,10,13-14H2,1-3H3,(H,27,31). The van der Waals surface area contributed by atoms with Gasteiger partial charge in [-0.1, -0.05) is 16.8 Å². The highest BCUT2D eigenvalue weighted by Gasteiger charge is 2.27. The molecule has 1 unspecified atom stereocenters. The average Bonchev–Trinajstić information content (AvgIpc) is 3.37. The van der Waals surface area contributed by atoms with Crippen LogP contribution in [0.2, 0.25) is 5.02 Å². The molecule has 190 valence electrons. The zero-order chi connectivity index (χ0) is 25.7. The minimum Gasteiger partial charge on any atom is -0.493 e. The van der Waals surface area contributed by atoms with Gasteiger partial charge in [0.2, 0.25) is 17.6 Å². The summed E-state index contributed by atoms with van der Waals surface area (Å²) in [6, 6.07) is 10.1. The lowest BCUT2D eigenvalue weighted by atomic mass is 9.97. The van der Waals surface area contributed by atoms with Gasteiger partial charge in [-0.15, -0.1) is 0 Å². The number of methoxy groups -OCH3 is 3. The summed E-state index contributed by atoms with van der Waals surface area (Å²) in [4.78, 5) is 31.5. The van der Waals surface area contributed by atoms with E-state index >= 15 is 0 Å². The summed E-state index contributed by atoms with van der Waals surface area (Å²) in [5.41, 5.74) is 1.43. The Morgan fingerprint density at radius 1 is 1.14 bits per heavy atom. The largest absolute Gasteiger partial charge is 0.493 e. The maximum absolute atomic E-state index is 12.9. The van der Waals surface area contributed by atoms with Crippen LogP contribution in [0.5, 0.6) is 11.5 Å². The Balaban J connectivity index is 1.38. The molecule has 2 aromatic carbocycles. The number of rotatable bonds is 8. The van der Waals surface area contributed by atoms with Crippen LogP contribution in [0.3, 0.4) is 0 Å². The van der Waals surface area contributed by atoms with Crippen molar-refractivity contribution >= 4 is 29.2 Å². The van der Waals surface area contributed by atoms with Crippen LogP contribution in [-0.2, 0) is 16.1 Å². The minimum atomic E-state index is -0.563. The quantitative estimate of drug-likeness (QED) is 0.444. The van der Waals surface area contributed by atoms with Crippen molar-refractivity contribution < 1.29 is 28.3 Å². The molecule has 4 rings (SSSR count). The minimum absolute atomic E-state index is 0.130. The second kappa shape index (κ2) is 11.4. The number of benzene rings is 2. The van der Waals surface area contributed by atoms with E-state index in [4.69, 9.17) is 30.3 Å². The molecule has 1 aliphatic heterocycles. The molecule has 3 aromatic rings. The van der Waals surface area contributed by atoms with Gasteiger partial charge in [-0.2, -0.15) is 4.98 Å². The molecule has 0 bridgehead atoms. The molecule has 10 nitrogen and oxygen atoms in total. The molecule has 0 saturated carbocycles. The van der Waals surface area contributed by atoms with Crippen LogP contribution < -0.4 is 14.8 Å². The Hall–Kier alpha value is -3.63. The zero-order valence-electron chi connectivity index (χ0n) is 20.2. The van der Waals surface area contributed by atoms with Crippen molar-refractivity contribution in [2.45, 2.75) is 19.4 Å². The highest BCUT2D eigenvalue weighted by atomic mass is 35.5. The molecule has 1 amide bonds. The molecule has 0 spiro atoms. The number of carbonyl (C=O) groups excluding carboxylic acids is 2. The number of hydrogen-bond acceptors (Lipinski definition) is 9. The van der Waals surface area contributed by atoms with Gasteiger partial charge in [0, 0.05) is 17.8 Å². The first-order valence-corrected chi connectivity index (χ1v) is 11.8. The number of ether oxygens (including phenoxy) is 3. The van der Waals surface area contributed by atoms with E-state index < -0.39 is 5.97 Å². The predicted octanol–water partition coefficient (Wildman–Crippen LogP) is 4.04. The third kappa shape index (κ3) is 5.77. The second-order valence-corrected chi connectivity index (χ2v) is 8.74. The van der Waals surface area contributed by atoms with Gasteiger partial charge in [0.05, 0.1) is 44.4 Å². The van der Waals surface area contributed by atoms with Crippen LogP contribution in [0.4, 0.5) is 5.69 Å². The van der Waals surface area contributed by atoms with Crippen molar-refractivity contribution in [2.24, 2.45) is 5.92 Å². The third-order valence-corrected chi connectivity index (χ3v) is 6.31. The van der Waals surface area contributed by atoms with E-state index in [0.717, 1.165) is 24.9 Å². The van der Waals surface area contributed by atoms with Crippen LogP contribution in [0.25, 0.3) is 11.4 Å². The summed E-state index contributed by atoms with van der Waals surface area (Å²) in [6.07, 6.45) is 1.60. The molecule has 36 heavy (non-hydrogen) atoms.